The zero-order valence-electron chi connectivity index (χ0n) is 41.6. The Labute approximate surface area is 389 Å². The molecule has 2 aliphatic carbocycles. The van der Waals surface area contributed by atoms with E-state index < -0.39 is 0 Å². The largest absolute Gasteiger partial charge is 0.335 e. The molecule has 2 atom stereocenters. The summed E-state index contributed by atoms with van der Waals surface area (Å²) >= 11 is 1.85. The molecule has 4 heterocycles. The van der Waals surface area contributed by atoms with E-state index in [2.05, 4.69) is 193 Å². The third-order valence-corrected chi connectivity index (χ3v) is 18.4. The third-order valence-electron chi connectivity index (χ3n) is 17.3. The van der Waals surface area contributed by atoms with Crippen LogP contribution in [0.2, 0.25) is 0 Å². The molecule has 3 aliphatic heterocycles. The lowest BCUT2D eigenvalue weighted by atomic mass is 9.33. The van der Waals surface area contributed by atoms with Gasteiger partial charge in [-0.1, -0.05) is 152 Å². The van der Waals surface area contributed by atoms with Gasteiger partial charge < -0.3 is 9.80 Å². The van der Waals surface area contributed by atoms with Gasteiger partial charge in [-0.15, -0.1) is 11.3 Å². The predicted octanol–water partition coefficient (Wildman–Crippen LogP) is 14.6. The maximum atomic E-state index is 5.49. The molecule has 64 heavy (non-hydrogen) atoms. The van der Waals surface area contributed by atoms with Crippen LogP contribution in [0.5, 0.6) is 0 Å². The normalized spacial score (nSPS) is 22.8. The summed E-state index contributed by atoms with van der Waals surface area (Å²) in [7, 11) is 0. The van der Waals surface area contributed by atoms with E-state index in [-0.39, 0.29) is 44.7 Å². The van der Waals surface area contributed by atoms with Crippen LogP contribution in [0.15, 0.2) is 78.9 Å². The highest BCUT2D eigenvalue weighted by Gasteiger charge is 2.62. The maximum Gasteiger partial charge on any atom is 0.252 e. The van der Waals surface area contributed by atoms with Crippen LogP contribution in [0.3, 0.4) is 0 Å². The Morgan fingerprint density at radius 1 is 0.594 bits per heavy atom. The van der Waals surface area contributed by atoms with Crippen molar-refractivity contribution in [1.29, 1.82) is 0 Å². The van der Waals surface area contributed by atoms with Crippen molar-refractivity contribution in [2.75, 3.05) is 9.80 Å². The van der Waals surface area contributed by atoms with E-state index in [0.717, 1.165) is 10.5 Å². The molecule has 1 saturated carbocycles. The Balaban J connectivity index is 1.24. The van der Waals surface area contributed by atoms with Crippen molar-refractivity contribution in [3.8, 4) is 10.6 Å². The van der Waals surface area contributed by atoms with E-state index >= 15 is 0 Å². The Kier molecular flexibility index (Phi) is 8.71. The Morgan fingerprint density at radius 2 is 1.25 bits per heavy atom. The Bertz CT molecular complexity index is 2950. The van der Waals surface area contributed by atoms with Crippen molar-refractivity contribution in [3.05, 3.63) is 112 Å². The molecule has 0 saturated heterocycles. The lowest BCUT2D eigenvalue weighted by molar-refractivity contribution is 0.193. The zero-order valence-corrected chi connectivity index (χ0v) is 42.4. The Hall–Kier alpha value is -4.35. The topological polar surface area (TPSA) is 19.4 Å². The van der Waals surface area contributed by atoms with Gasteiger partial charge in [0.05, 0.1) is 15.8 Å². The summed E-state index contributed by atoms with van der Waals surface area (Å²) in [4.78, 5) is 11.1. The number of anilines is 5. The molecule has 0 spiro atoms. The van der Waals surface area contributed by atoms with Crippen LogP contribution in [0.25, 0.3) is 20.8 Å². The van der Waals surface area contributed by atoms with Crippen molar-refractivity contribution in [2.24, 2.45) is 0 Å². The fourth-order valence-corrected chi connectivity index (χ4v) is 14.1. The molecule has 1 fully saturated rings. The SMILES string of the molecule is CC(C)(C)c1ccc(-c2nc3cc4c(cc3s2)B2c3ccc(C(C)(C)C)c5c3N(c3cc(C(C)(C)C)cc(c32)N4c2ccc3c(c2)C(C)(C)CCC3(C)C)C2(C)CCCCC52C)cc1. The summed E-state index contributed by atoms with van der Waals surface area (Å²) in [6.07, 6.45) is 7.35. The highest BCUT2D eigenvalue weighted by molar-refractivity contribution is 7.21. The van der Waals surface area contributed by atoms with Gasteiger partial charge in [0.2, 0.25) is 0 Å². The van der Waals surface area contributed by atoms with Crippen molar-refractivity contribution < 1.29 is 0 Å². The average Bonchev–Trinajstić information content (AvgIpc) is 3.73. The number of nitrogens with zero attached hydrogens (tertiary/aromatic N) is 3. The number of hydrogen-bond donors (Lipinski definition) is 0. The average molecular weight is 864 g/mol. The van der Waals surface area contributed by atoms with Gasteiger partial charge in [-0.25, -0.2) is 4.98 Å². The predicted molar refractivity (Wildman–Crippen MR) is 279 cm³/mol. The third kappa shape index (κ3) is 5.80. The number of thiazole rings is 1. The molecular weight excluding hydrogens is 794 g/mol. The van der Waals surface area contributed by atoms with Crippen LogP contribution < -0.4 is 26.2 Å². The summed E-state index contributed by atoms with van der Waals surface area (Å²) in [5.74, 6) is 0. The van der Waals surface area contributed by atoms with Crippen LogP contribution in [0.1, 0.15) is 176 Å². The van der Waals surface area contributed by atoms with Crippen LogP contribution in [0, 0.1) is 0 Å². The number of hydrogen-bond acceptors (Lipinski definition) is 4. The summed E-state index contributed by atoms with van der Waals surface area (Å²) in [5, 5.41) is 1.09. The summed E-state index contributed by atoms with van der Waals surface area (Å²) in [6.45, 7) is 36.6. The molecule has 1 aromatic heterocycles. The molecule has 0 radical (unpaired) electrons. The van der Waals surface area contributed by atoms with Crippen molar-refractivity contribution in [1.82, 2.24) is 4.98 Å². The van der Waals surface area contributed by atoms with Crippen molar-refractivity contribution in [2.45, 2.75) is 180 Å². The molecule has 5 aromatic carbocycles. The minimum Gasteiger partial charge on any atom is -0.335 e. The fraction of sp³-hybridized carbons (Fsp3) is 0.475. The zero-order chi connectivity index (χ0) is 45.5. The molecule has 330 valence electrons. The highest BCUT2D eigenvalue weighted by Crippen LogP contribution is 2.64. The van der Waals surface area contributed by atoms with E-state index in [0.29, 0.717) is 0 Å². The molecular formula is C59H70BN3S. The fourth-order valence-electron chi connectivity index (χ4n) is 13.1. The second kappa shape index (κ2) is 13.2. The van der Waals surface area contributed by atoms with Gasteiger partial charge in [0, 0.05) is 39.4 Å². The monoisotopic (exact) mass is 864 g/mol. The molecule has 5 aliphatic rings. The first kappa shape index (κ1) is 42.3. The molecule has 0 N–H and O–H groups in total. The van der Waals surface area contributed by atoms with Crippen LogP contribution in [0.4, 0.5) is 28.4 Å². The molecule has 3 nitrogen and oxygen atoms in total. The first-order valence-electron chi connectivity index (χ1n) is 24.5. The first-order chi connectivity index (χ1) is 29.8. The van der Waals surface area contributed by atoms with E-state index in [4.69, 9.17) is 4.98 Å². The van der Waals surface area contributed by atoms with Gasteiger partial charge in [0.1, 0.15) is 5.01 Å². The molecule has 6 aromatic rings. The second-order valence-electron chi connectivity index (χ2n) is 25.5. The van der Waals surface area contributed by atoms with Crippen LogP contribution in [-0.2, 0) is 32.5 Å². The quantitative estimate of drug-likeness (QED) is 0.161. The number of rotatable bonds is 2. The smallest absolute Gasteiger partial charge is 0.252 e. The molecule has 5 heteroatoms. The Morgan fingerprint density at radius 3 is 1.92 bits per heavy atom. The highest BCUT2D eigenvalue weighted by atomic mass is 32.1. The van der Waals surface area contributed by atoms with Crippen LogP contribution >= 0.6 is 11.3 Å². The molecule has 11 rings (SSSR count). The van der Waals surface area contributed by atoms with Gasteiger partial charge >= 0.3 is 0 Å². The minimum atomic E-state index is -0.0575. The summed E-state index contributed by atoms with van der Waals surface area (Å²) in [6, 6.07) is 32.1. The second-order valence-corrected chi connectivity index (χ2v) is 26.5. The van der Waals surface area contributed by atoms with E-state index in [1.54, 1.807) is 5.56 Å². The molecule has 2 unspecified atom stereocenters. The van der Waals surface area contributed by atoms with Gasteiger partial charge in [-0.05, 0) is 146 Å². The lowest BCUT2D eigenvalue weighted by Gasteiger charge is -2.53. The lowest BCUT2D eigenvalue weighted by Crippen LogP contribution is -2.64. The van der Waals surface area contributed by atoms with Crippen molar-refractivity contribution >= 4 is 73.1 Å². The van der Waals surface area contributed by atoms with E-state index in [9.17, 15) is 0 Å². The van der Waals surface area contributed by atoms with Crippen LogP contribution in [-0.4, -0.2) is 17.2 Å². The summed E-state index contributed by atoms with van der Waals surface area (Å²) < 4.78 is 1.26. The van der Waals surface area contributed by atoms with E-state index in [1.807, 2.05) is 11.3 Å². The number of aromatic nitrogens is 1. The van der Waals surface area contributed by atoms with Gasteiger partial charge in [0.15, 0.2) is 0 Å². The molecule has 0 bridgehead atoms. The van der Waals surface area contributed by atoms with Gasteiger partial charge in [-0.2, -0.15) is 0 Å². The first-order valence-corrected chi connectivity index (χ1v) is 25.3. The van der Waals surface area contributed by atoms with Gasteiger partial charge in [-0.3, -0.25) is 0 Å². The number of fused-ring (bicyclic) bond motifs is 9. The van der Waals surface area contributed by atoms with Crippen molar-refractivity contribution in [3.63, 3.8) is 0 Å². The van der Waals surface area contributed by atoms with Gasteiger partial charge in [0.25, 0.3) is 6.71 Å². The van der Waals surface area contributed by atoms with E-state index in [1.165, 1.54) is 121 Å². The number of benzene rings is 5. The standard InChI is InChI=1S/C59H70BN3S/c1-53(2,3)36-20-18-35(19-21-36)52-61-44-34-45-43(33-48(44)64-52)60-42-25-24-40(55(7,8)9)49-51(42)63(59(15)27-17-16-26-58(49,59)14)47-31-37(54(4,5)6)30-46(50(47)60)62(45)38-22-23-39-41(32-38)57(12,13)29-28-56(39,10)11/h18-25,30-34H,16-17,26-29H2,1-15H3. The summed E-state index contributed by atoms with van der Waals surface area (Å²) in [5.41, 5.74) is 22.6. The minimum absolute atomic E-state index is 0.0206. The molecule has 0 amide bonds. The maximum absolute atomic E-state index is 5.49.